The monoisotopic (exact) mass is 528 g/mol. The summed E-state index contributed by atoms with van der Waals surface area (Å²) in [5, 5.41) is 0. The van der Waals surface area contributed by atoms with Crippen LogP contribution in [0.5, 0.6) is 6.01 Å². The first-order valence-electron chi connectivity index (χ1n) is 15.7. The van der Waals surface area contributed by atoms with Gasteiger partial charge in [0.15, 0.2) is 0 Å². The third kappa shape index (κ3) is 3.88. The van der Waals surface area contributed by atoms with Gasteiger partial charge in [0.2, 0.25) is 0 Å². The second-order valence-electron chi connectivity index (χ2n) is 14.0. The van der Waals surface area contributed by atoms with Crippen LogP contribution >= 0.6 is 0 Å². The largest absolute Gasteiger partial charge is 0.461 e. The molecule has 5 heterocycles. The fraction of sp³-hybridized carbons (Fsp3) is 0.697. The molecule has 1 aromatic heterocycles. The molecule has 0 amide bonds. The molecule has 1 aromatic carbocycles. The number of piperidine rings is 1. The maximum absolute atomic E-state index is 6.65. The molecule has 4 atom stereocenters. The van der Waals surface area contributed by atoms with Crippen molar-refractivity contribution in [2.75, 3.05) is 44.3 Å². The standard InChI is InChI=1S/C33H44N4O2/c1-23-18-32(10-4-16-37(32)20-23)22-38-30-34-28-19-31(12-8-25-24(2)6-3-7-27(25)31)13-9-26(28)29(35-30)36-15-5-11-33(21-36)14-17-39-33/h3,6-7,23H,4-5,8-22H2,1-2H3/t23-,31?,32+,33?/m1/s1. The average Bonchev–Trinajstić information content (AvgIpc) is 3.57. The molecular weight excluding hydrogens is 484 g/mol. The van der Waals surface area contributed by atoms with Gasteiger partial charge in [0.25, 0.3) is 0 Å². The van der Waals surface area contributed by atoms with E-state index in [4.69, 9.17) is 19.4 Å². The molecule has 0 radical (unpaired) electrons. The van der Waals surface area contributed by atoms with Gasteiger partial charge in [-0.1, -0.05) is 25.1 Å². The van der Waals surface area contributed by atoms with E-state index < -0.39 is 0 Å². The fourth-order valence-corrected chi connectivity index (χ4v) is 9.48. The molecule has 2 spiro atoms. The van der Waals surface area contributed by atoms with E-state index in [0.717, 1.165) is 50.9 Å². The van der Waals surface area contributed by atoms with Gasteiger partial charge in [0.1, 0.15) is 12.4 Å². The molecule has 2 unspecified atom stereocenters. The SMILES string of the molecule is Cc1cccc2c1CCC21CCc2c(nc(OC[C@@]34CCCN3C[C@H](C)C4)nc2N2CCCC3(CCO3)C2)C1. The Balaban J connectivity index is 1.15. The zero-order valence-electron chi connectivity index (χ0n) is 23.9. The lowest BCUT2D eigenvalue weighted by Gasteiger charge is -2.49. The quantitative estimate of drug-likeness (QED) is 0.546. The molecule has 0 N–H and O–H groups in total. The van der Waals surface area contributed by atoms with Crippen LogP contribution in [-0.4, -0.2) is 65.4 Å². The summed E-state index contributed by atoms with van der Waals surface area (Å²) in [5.41, 5.74) is 7.66. The zero-order valence-corrected chi connectivity index (χ0v) is 23.9. The summed E-state index contributed by atoms with van der Waals surface area (Å²) in [6.45, 7) is 10.7. The second-order valence-corrected chi connectivity index (χ2v) is 14.0. The fourth-order valence-electron chi connectivity index (χ4n) is 9.48. The van der Waals surface area contributed by atoms with Gasteiger partial charge in [0, 0.05) is 37.0 Å². The highest BCUT2D eigenvalue weighted by Gasteiger charge is 2.49. The second kappa shape index (κ2) is 8.91. The van der Waals surface area contributed by atoms with E-state index in [1.165, 1.54) is 87.7 Å². The van der Waals surface area contributed by atoms with Crippen LogP contribution in [0.2, 0.25) is 0 Å². The van der Waals surface area contributed by atoms with Gasteiger partial charge < -0.3 is 14.4 Å². The summed E-state index contributed by atoms with van der Waals surface area (Å²) in [4.78, 5) is 15.7. The van der Waals surface area contributed by atoms with Crippen LogP contribution in [0.3, 0.4) is 0 Å². The van der Waals surface area contributed by atoms with Gasteiger partial charge >= 0.3 is 6.01 Å². The summed E-state index contributed by atoms with van der Waals surface area (Å²) in [7, 11) is 0. The molecule has 0 bridgehead atoms. The minimum Gasteiger partial charge on any atom is -0.461 e. The molecule has 2 aromatic rings. The van der Waals surface area contributed by atoms with Crippen LogP contribution in [-0.2, 0) is 29.4 Å². The molecule has 2 aliphatic carbocycles. The van der Waals surface area contributed by atoms with Crippen molar-refractivity contribution in [2.24, 2.45) is 5.92 Å². The average molecular weight is 529 g/mol. The third-order valence-electron chi connectivity index (χ3n) is 11.5. The van der Waals surface area contributed by atoms with Crippen molar-refractivity contribution >= 4 is 5.82 Å². The normalized spacial score (nSPS) is 35.2. The lowest BCUT2D eigenvalue weighted by Crippen LogP contribution is -2.56. The van der Waals surface area contributed by atoms with Gasteiger partial charge in [-0.25, -0.2) is 0 Å². The number of hydrogen-bond donors (Lipinski definition) is 0. The Labute approximate surface area is 233 Å². The Morgan fingerprint density at radius 2 is 1.87 bits per heavy atom. The molecular formula is C33H44N4O2. The Bertz CT molecular complexity index is 1290. The minimum absolute atomic E-state index is 0.0399. The van der Waals surface area contributed by atoms with Crippen LogP contribution in [0.1, 0.15) is 86.2 Å². The molecule has 6 heteroatoms. The van der Waals surface area contributed by atoms with E-state index >= 15 is 0 Å². The number of anilines is 1. The number of aryl methyl sites for hydroxylation is 1. The molecule has 39 heavy (non-hydrogen) atoms. The predicted octanol–water partition coefficient (Wildman–Crippen LogP) is 5.17. The molecule has 4 aliphatic heterocycles. The van der Waals surface area contributed by atoms with Crippen molar-refractivity contribution in [1.82, 2.24) is 14.9 Å². The lowest BCUT2D eigenvalue weighted by atomic mass is 9.69. The number of fused-ring (bicyclic) bond motifs is 4. The van der Waals surface area contributed by atoms with E-state index in [-0.39, 0.29) is 16.6 Å². The van der Waals surface area contributed by atoms with Gasteiger partial charge in [-0.15, -0.1) is 0 Å². The molecule has 4 fully saturated rings. The smallest absolute Gasteiger partial charge is 0.318 e. The van der Waals surface area contributed by atoms with Crippen molar-refractivity contribution in [2.45, 2.75) is 101 Å². The number of nitrogens with zero attached hydrogens (tertiary/aromatic N) is 4. The summed E-state index contributed by atoms with van der Waals surface area (Å²) in [5.74, 6) is 1.88. The highest BCUT2D eigenvalue weighted by atomic mass is 16.5. The zero-order chi connectivity index (χ0) is 26.2. The highest BCUT2D eigenvalue weighted by molar-refractivity contribution is 5.55. The van der Waals surface area contributed by atoms with E-state index in [1.54, 1.807) is 11.1 Å². The van der Waals surface area contributed by atoms with Crippen LogP contribution in [0.4, 0.5) is 5.82 Å². The molecule has 0 saturated carbocycles. The first-order chi connectivity index (χ1) is 19.0. The van der Waals surface area contributed by atoms with E-state index in [2.05, 4.69) is 41.8 Å². The predicted molar refractivity (Wildman–Crippen MR) is 153 cm³/mol. The van der Waals surface area contributed by atoms with Crippen molar-refractivity contribution < 1.29 is 9.47 Å². The summed E-state index contributed by atoms with van der Waals surface area (Å²) < 4.78 is 12.8. The summed E-state index contributed by atoms with van der Waals surface area (Å²) in [6, 6.07) is 7.55. The third-order valence-corrected chi connectivity index (χ3v) is 11.5. The number of aromatic nitrogens is 2. The lowest BCUT2D eigenvalue weighted by molar-refractivity contribution is -0.151. The summed E-state index contributed by atoms with van der Waals surface area (Å²) >= 11 is 0. The van der Waals surface area contributed by atoms with E-state index in [9.17, 15) is 0 Å². The number of benzene rings is 1. The van der Waals surface area contributed by atoms with Crippen molar-refractivity contribution in [3.63, 3.8) is 0 Å². The Hall–Kier alpha value is -2.18. The maximum atomic E-state index is 6.65. The van der Waals surface area contributed by atoms with E-state index in [1.807, 2.05) is 0 Å². The highest BCUT2D eigenvalue weighted by Crippen LogP contribution is 2.50. The van der Waals surface area contributed by atoms with Crippen LogP contribution < -0.4 is 9.64 Å². The van der Waals surface area contributed by atoms with Gasteiger partial charge in [-0.2, -0.15) is 9.97 Å². The van der Waals surface area contributed by atoms with Crippen LogP contribution in [0.15, 0.2) is 18.2 Å². The Morgan fingerprint density at radius 1 is 1.03 bits per heavy atom. The Morgan fingerprint density at radius 3 is 2.72 bits per heavy atom. The number of rotatable bonds is 4. The van der Waals surface area contributed by atoms with Gasteiger partial charge in [-0.05, 0) is 100 Å². The summed E-state index contributed by atoms with van der Waals surface area (Å²) in [6.07, 6.45) is 13.0. The van der Waals surface area contributed by atoms with Gasteiger partial charge in [0.05, 0.1) is 23.4 Å². The molecule has 6 aliphatic rings. The maximum Gasteiger partial charge on any atom is 0.318 e. The van der Waals surface area contributed by atoms with Crippen LogP contribution in [0, 0.1) is 12.8 Å². The van der Waals surface area contributed by atoms with Crippen LogP contribution in [0.25, 0.3) is 0 Å². The van der Waals surface area contributed by atoms with Crippen molar-refractivity contribution in [3.05, 3.63) is 46.1 Å². The molecule has 6 nitrogen and oxygen atoms in total. The number of ether oxygens (including phenoxy) is 2. The minimum atomic E-state index is 0.0399. The topological polar surface area (TPSA) is 50.7 Å². The molecule has 4 saturated heterocycles. The first-order valence-corrected chi connectivity index (χ1v) is 15.7. The van der Waals surface area contributed by atoms with Gasteiger partial charge in [-0.3, -0.25) is 4.90 Å². The molecule has 208 valence electrons. The Kier molecular flexibility index (Phi) is 5.62. The van der Waals surface area contributed by atoms with E-state index in [0.29, 0.717) is 6.01 Å². The first kappa shape index (κ1) is 24.6. The number of hydrogen-bond acceptors (Lipinski definition) is 6. The van der Waals surface area contributed by atoms with Crippen molar-refractivity contribution in [1.29, 1.82) is 0 Å². The molecule has 8 rings (SSSR count). The van der Waals surface area contributed by atoms with Crippen molar-refractivity contribution in [3.8, 4) is 6.01 Å².